The summed E-state index contributed by atoms with van der Waals surface area (Å²) in [7, 11) is 0. The van der Waals surface area contributed by atoms with Crippen LogP contribution in [0.15, 0.2) is 24.3 Å². The van der Waals surface area contributed by atoms with E-state index in [9.17, 15) is 10.1 Å². The van der Waals surface area contributed by atoms with Crippen molar-refractivity contribution in [3.63, 3.8) is 0 Å². The van der Waals surface area contributed by atoms with E-state index >= 15 is 0 Å². The molecule has 21 heavy (non-hydrogen) atoms. The lowest BCUT2D eigenvalue weighted by Gasteiger charge is -2.57. The van der Waals surface area contributed by atoms with Crippen molar-refractivity contribution in [1.29, 1.82) is 0 Å². The lowest BCUT2D eigenvalue weighted by molar-refractivity contribution is -0.384. The van der Waals surface area contributed by atoms with Gasteiger partial charge in [0.25, 0.3) is 5.69 Å². The van der Waals surface area contributed by atoms with E-state index in [2.05, 4.69) is 5.32 Å². The lowest BCUT2D eigenvalue weighted by Crippen LogP contribution is -2.49. The molecule has 0 saturated heterocycles. The minimum absolute atomic E-state index is 0.162. The summed E-state index contributed by atoms with van der Waals surface area (Å²) in [5.41, 5.74) is 1.67. The molecule has 4 heteroatoms. The Kier molecular flexibility index (Phi) is 2.95. The van der Waals surface area contributed by atoms with Gasteiger partial charge in [-0.15, -0.1) is 0 Å². The summed E-state index contributed by atoms with van der Waals surface area (Å²) in [6.07, 6.45) is 8.57. The molecule has 1 aromatic carbocycles. The number of anilines is 1. The van der Waals surface area contributed by atoms with Gasteiger partial charge in [-0.2, -0.15) is 0 Å². The summed E-state index contributed by atoms with van der Waals surface area (Å²) >= 11 is 0. The summed E-state index contributed by atoms with van der Waals surface area (Å²) in [6, 6.07) is 6.83. The van der Waals surface area contributed by atoms with Gasteiger partial charge in [-0.25, -0.2) is 0 Å². The minimum atomic E-state index is -0.344. The van der Waals surface area contributed by atoms with Crippen molar-refractivity contribution >= 4 is 11.4 Å². The molecule has 4 aliphatic carbocycles. The summed E-state index contributed by atoms with van der Waals surface area (Å²) in [5, 5.41) is 14.2. The number of benzene rings is 1. The van der Waals surface area contributed by atoms with Crippen LogP contribution in [0.5, 0.6) is 0 Å². The van der Waals surface area contributed by atoms with E-state index in [-0.39, 0.29) is 10.6 Å². The average Bonchev–Trinajstić information content (AvgIpc) is 2.44. The summed E-state index contributed by atoms with van der Waals surface area (Å²) in [5.74, 6) is 2.90. The SMILES string of the molecule is O=[N+]([O-])c1ccc(NCC23CC4CC(CC(C4)C2)C3)cc1. The highest BCUT2D eigenvalue weighted by Gasteiger charge is 2.50. The number of nitro benzene ring substituents is 1. The first-order valence-corrected chi connectivity index (χ1v) is 8.10. The van der Waals surface area contributed by atoms with Gasteiger partial charge in [0.2, 0.25) is 0 Å². The Hall–Kier alpha value is -1.58. The maximum absolute atomic E-state index is 10.7. The quantitative estimate of drug-likeness (QED) is 0.666. The normalized spacial score (nSPS) is 36.7. The molecule has 0 unspecified atom stereocenters. The molecule has 0 radical (unpaired) electrons. The fourth-order valence-electron chi connectivity index (χ4n) is 5.50. The molecule has 0 amide bonds. The summed E-state index contributed by atoms with van der Waals surface area (Å²) in [6.45, 7) is 1.04. The molecule has 4 saturated carbocycles. The van der Waals surface area contributed by atoms with E-state index in [0.717, 1.165) is 30.0 Å². The van der Waals surface area contributed by atoms with Gasteiger partial charge in [0.15, 0.2) is 0 Å². The molecule has 4 nitrogen and oxygen atoms in total. The Balaban J connectivity index is 1.43. The molecular weight excluding hydrogens is 264 g/mol. The number of nitro groups is 1. The Bertz CT molecular complexity index is 517. The van der Waals surface area contributed by atoms with Gasteiger partial charge >= 0.3 is 0 Å². The Labute approximate surface area is 125 Å². The van der Waals surface area contributed by atoms with E-state index in [1.54, 1.807) is 12.1 Å². The van der Waals surface area contributed by atoms with Crippen molar-refractivity contribution in [1.82, 2.24) is 0 Å². The topological polar surface area (TPSA) is 55.2 Å². The first-order valence-electron chi connectivity index (χ1n) is 8.10. The van der Waals surface area contributed by atoms with E-state index in [1.807, 2.05) is 12.1 Å². The average molecular weight is 286 g/mol. The van der Waals surface area contributed by atoms with Crippen LogP contribution < -0.4 is 5.32 Å². The standard InChI is InChI=1S/C17H22N2O2/c20-19(21)16-3-1-15(2-4-16)18-11-17-8-12-5-13(9-17)7-14(6-12)10-17/h1-4,12-14,18H,5-11H2. The lowest BCUT2D eigenvalue weighted by atomic mass is 9.49. The van der Waals surface area contributed by atoms with Crippen LogP contribution in [0.25, 0.3) is 0 Å². The van der Waals surface area contributed by atoms with Gasteiger partial charge in [0.1, 0.15) is 0 Å². The number of nitrogens with one attached hydrogen (secondary N) is 1. The van der Waals surface area contributed by atoms with Crippen LogP contribution in [0.1, 0.15) is 38.5 Å². The third kappa shape index (κ3) is 2.41. The van der Waals surface area contributed by atoms with Crippen LogP contribution in [-0.4, -0.2) is 11.5 Å². The van der Waals surface area contributed by atoms with E-state index in [0.29, 0.717) is 5.41 Å². The van der Waals surface area contributed by atoms with E-state index < -0.39 is 0 Å². The molecule has 5 rings (SSSR count). The van der Waals surface area contributed by atoms with Crippen LogP contribution in [0.3, 0.4) is 0 Å². The zero-order chi connectivity index (χ0) is 14.4. The second kappa shape index (κ2) is 4.72. The molecular formula is C17H22N2O2. The maximum Gasteiger partial charge on any atom is 0.269 e. The van der Waals surface area contributed by atoms with Gasteiger partial charge in [-0.05, 0) is 73.8 Å². The summed E-state index contributed by atoms with van der Waals surface area (Å²) in [4.78, 5) is 10.3. The highest BCUT2D eigenvalue weighted by Crippen LogP contribution is 2.59. The fourth-order valence-corrected chi connectivity index (χ4v) is 5.50. The third-order valence-electron chi connectivity index (χ3n) is 5.91. The highest BCUT2D eigenvalue weighted by atomic mass is 16.6. The third-order valence-corrected chi connectivity index (χ3v) is 5.91. The number of hydrogen-bond donors (Lipinski definition) is 1. The Morgan fingerprint density at radius 1 is 1.05 bits per heavy atom. The molecule has 4 bridgehead atoms. The van der Waals surface area contributed by atoms with Crippen molar-refractivity contribution in [3.05, 3.63) is 34.4 Å². The van der Waals surface area contributed by atoms with E-state index in [1.165, 1.54) is 38.5 Å². The summed E-state index contributed by atoms with van der Waals surface area (Å²) < 4.78 is 0. The minimum Gasteiger partial charge on any atom is -0.384 e. The monoisotopic (exact) mass is 286 g/mol. The van der Waals surface area contributed by atoms with Crippen LogP contribution in [-0.2, 0) is 0 Å². The molecule has 4 fully saturated rings. The van der Waals surface area contributed by atoms with Crippen molar-refractivity contribution < 1.29 is 4.92 Å². The van der Waals surface area contributed by atoms with Gasteiger partial charge in [0, 0.05) is 24.4 Å². The number of rotatable bonds is 4. The Morgan fingerprint density at radius 2 is 1.57 bits per heavy atom. The highest BCUT2D eigenvalue weighted by molar-refractivity contribution is 5.48. The molecule has 112 valence electrons. The fraction of sp³-hybridized carbons (Fsp3) is 0.647. The first kappa shape index (κ1) is 13.1. The number of non-ortho nitro benzene ring substituents is 1. The van der Waals surface area contributed by atoms with Crippen molar-refractivity contribution in [2.24, 2.45) is 23.2 Å². The van der Waals surface area contributed by atoms with Crippen molar-refractivity contribution in [3.8, 4) is 0 Å². The number of nitrogens with zero attached hydrogens (tertiary/aromatic N) is 1. The second-order valence-electron chi connectivity index (χ2n) is 7.58. The smallest absolute Gasteiger partial charge is 0.269 e. The molecule has 4 aliphatic rings. The van der Waals surface area contributed by atoms with Crippen LogP contribution in [0.2, 0.25) is 0 Å². The number of hydrogen-bond acceptors (Lipinski definition) is 3. The van der Waals surface area contributed by atoms with Gasteiger partial charge in [0.05, 0.1) is 4.92 Å². The molecule has 0 atom stereocenters. The predicted octanol–water partition coefficient (Wildman–Crippen LogP) is 4.22. The van der Waals surface area contributed by atoms with Gasteiger partial charge < -0.3 is 5.32 Å². The first-order chi connectivity index (χ1) is 10.1. The maximum atomic E-state index is 10.7. The van der Waals surface area contributed by atoms with Gasteiger partial charge in [-0.3, -0.25) is 10.1 Å². The van der Waals surface area contributed by atoms with Crippen LogP contribution >= 0.6 is 0 Å². The van der Waals surface area contributed by atoms with Crippen molar-refractivity contribution in [2.45, 2.75) is 38.5 Å². The zero-order valence-corrected chi connectivity index (χ0v) is 12.3. The van der Waals surface area contributed by atoms with E-state index in [4.69, 9.17) is 0 Å². The van der Waals surface area contributed by atoms with Crippen molar-refractivity contribution in [2.75, 3.05) is 11.9 Å². The Morgan fingerprint density at radius 3 is 2.05 bits per heavy atom. The zero-order valence-electron chi connectivity index (χ0n) is 12.3. The molecule has 1 N–H and O–H groups in total. The van der Waals surface area contributed by atoms with Crippen LogP contribution in [0, 0.1) is 33.3 Å². The molecule has 0 spiro atoms. The molecule has 0 heterocycles. The largest absolute Gasteiger partial charge is 0.384 e. The van der Waals surface area contributed by atoms with Gasteiger partial charge in [-0.1, -0.05) is 0 Å². The van der Waals surface area contributed by atoms with Crippen LogP contribution in [0.4, 0.5) is 11.4 Å². The molecule has 1 aromatic rings. The second-order valence-corrected chi connectivity index (χ2v) is 7.58. The molecule has 0 aromatic heterocycles. The predicted molar refractivity (Wildman–Crippen MR) is 82.2 cm³/mol. The molecule has 0 aliphatic heterocycles.